The molecule has 0 aliphatic carbocycles. The van der Waals surface area contributed by atoms with E-state index in [1.54, 1.807) is 59.4 Å². The Bertz CT molecular complexity index is 1570. The van der Waals surface area contributed by atoms with E-state index in [9.17, 15) is 24.0 Å². The number of methoxy groups -OCH3 is 3. The monoisotopic (exact) mass is 748 g/mol. The third kappa shape index (κ3) is 8.33. The van der Waals surface area contributed by atoms with Gasteiger partial charge in [0, 0.05) is 73.2 Å². The van der Waals surface area contributed by atoms with E-state index in [0.29, 0.717) is 67.6 Å². The molecule has 0 N–H and O–H groups in total. The molecule has 0 saturated heterocycles. The minimum Gasteiger partial charge on any atom is -0.465 e. The fraction of sp³-hybridized carbons (Fsp3) is 0.500. The molecule has 0 aromatic heterocycles. The van der Waals surface area contributed by atoms with Gasteiger partial charge in [0.25, 0.3) is 34.8 Å². The molecule has 0 bridgehead atoms. The Labute approximate surface area is 295 Å². The highest BCUT2D eigenvalue weighted by Gasteiger charge is 2.52. The third-order valence-electron chi connectivity index (χ3n) is 7.91. The summed E-state index contributed by atoms with van der Waals surface area (Å²) in [6.07, 6.45) is 1.23. The van der Waals surface area contributed by atoms with Crippen LogP contribution >= 0.6 is 15.9 Å². The van der Waals surface area contributed by atoms with E-state index in [-0.39, 0.29) is 11.8 Å². The van der Waals surface area contributed by atoms with Crippen LogP contribution in [-0.4, -0.2) is 126 Å². The molecule has 14 nitrogen and oxygen atoms in total. The topological polar surface area (TPSA) is 144 Å². The molecule has 0 spiro atoms. The second kappa shape index (κ2) is 16.5. The zero-order chi connectivity index (χ0) is 36.7. The Balaban J connectivity index is 0.000000267. The lowest BCUT2D eigenvalue weighted by Gasteiger charge is -2.40. The minimum absolute atomic E-state index is 0.293. The summed E-state index contributed by atoms with van der Waals surface area (Å²) < 4.78 is 27.3. The first-order valence-corrected chi connectivity index (χ1v) is 16.3. The molecular weight excluding hydrogens is 704 g/mol. The summed E-state index contributed by atoms with van der Waals surface area (Å²) in [4.78, 5) is 68.7. The molecule has 2 heterocycles. The number of anilines is 2. The zero-order valence-corrected chi connectivity index (χ0v) is 31.0. The van der Waals surface area contributed by atoms with Gasteiger partial charge in [-0.1, -0.05) is 15.9 Å². The van der Waals surface area contributed by atoms with Gasteiger partial charge in [0.05, 0.1) is 24.0 Å². The molecule has 268 valence electrons. The molecule has 2 aliphatic rings. The molecule has 0 fully saturated rings. The molecule has 0 saturated carbocycles. The van der Waals surface area contributed by atoms with Gasteiger partial charge < -0.3 is 43.3 Å². The highest BCUT2D eigenvalue weighted by atomic mass is 79.9. The highest BCUT2D eigenvalue weighted by molar-refractivity contribution is 9.10. The van der Waals surface area contributed by atoms with Gasteiger partial charge in [-0.25, -0.2) is 4.79 Å². The Kier molecular flexibility index (Phi) is 13.2. The normalized spacial score (nSPS) is 19.4. The van der Waals surface area contributed by atoms with Crippen LogP contribution in [0, 0.1) is 0 Å². The lowest BCUT2D eigenvalue weighted by Crippen LogP contribution is -2.62. The number of carbonyl (C=O) groups excluding carboxylic acids is 5. The van der Waals surface area contributed by atoms with Crippen molar-refractivity contribution in [3.8, 4) is 11.5 Å². The number of esters is 1. The van der Waals surface area contributed by atoms with Crippen LogP contribution in [0.25, 0.3) is 0 Å². The van der Waals surface area contributed by atoms with Crippen molar-refractivity contribution < 1.29 is 47.7 Å². The van der Waals surface area contributed by atoms with Crippen LogP contribution in [0.5, 0.6) is 11.5 Å². The van der Waals surface area contributed by atoms with Crippen molar-refractivity contribution in [3.05, 3.63) is 46.4 Å². The van der Waals surface area contributed by atoms with Crippen LogP contribution in [0.2, 0.25) is 0 Å². The molecule has 2 aromatic carbocycles. The van der Waals surface area contributed by atoms with Crippen LogP contribution in [0.4, 0.5) is 11.4 Å². The number of halogens is 1. The molecule has 4 rings (SSSR count). The Hall–Kier alpha value is -4.21. The number of hydrogen-bond acceptors (Lipinski definition) is 10. The summed E-state index contributed by atoms with van der Waals surface area (Å²) in [5, 5.41) is 0. The maximum absolute atomic E-state index is 13.1. The van der Waals surface area contributed by atoms with Crippen molar-refractivity contribution in [2.24, 2.45) is 0 Å². The first-order valence-electron chi connectivity index (χ1n) is 15.5. The standard InChI is InChI=1S/C18H24N2O6.C16H21BrN2O4/c1-18(16(22)19(2)3)17(23)20(9-6-10-24-4)13-11-12(15(21)25-5)7-8-14(13)26-18;1-16(14(20)18(2)3)15(21)19(8-5-9-22-4)12-10-11(17)6-7-13(12)23-16/h7-8,11H,6,9-10H2,1-5H3;6-7,10H,5,8-9H2,1-4H3. The van der Waals surface area contributed by atoms with Crippen LogP contribution < -0.4 is 19.3 Å². The number of hydrogen-bond donors (Lipinski definition) is 0. The van der Waals surface area contributed by atoms with E-state index in [1.807, 2.05) is 12.1 Å². The Morgan fingerprint density at radius 2 is 1.16 bits per heavy atom. The fourth-order valence-corrected chi connectivity index (χ4v) is 5.76. The summed E-state index contributed by atoms with van der Waals surface area (Å²) >= 11 is 3.41. The SMILES string of the molecule is COCCCN1C(=O)C(C)(C(=O)N(C)C)Oc2ccc(Br)cc21.COCCCN1C(=O)C(C)(C(=O)N(C)C)Oc2ccc(C(=O)OC)cc21. The third-order valence-corrected chi connectivity index (χ3v) is 8.40. The van der Waals surface area contributed by atoms with Crippen LogP contribution in [0.15, 0.2) is 40.9 Å². The lowest BCUT2D eigenvalue weighted by atomic mass is 9.98. The van der Waals surface area contributed by atoms with Crippen molar-refractivity contribution >= 4 is 56.9 Å². The van der Waals surface area contributed by atoms with Crippen molar-refractivity contribution in [2.45, 2.75) is 37.9 Å². The van der Waals surface area contributed by atoms with Crippen molar-refractivity contribution in [1.82, 2.24) is 9.80 Å². The quantitative estimate of drug-likeness (QED) is 0.191. The average Bonchev–Trinajstić information content (AvgIpc) is 3.07. The van der Waals surface area contributed by atoms with Gasteiger partial charge in [-0.05, 0) is 63.1 Å². The summed E-state index contributed by atoms with van der Waals surface area (Å²) in [7, 11) is 10.8. The van der Waals surface area contributed by atoms with Crippen molar-refractivity contribution in [2.75, 3.05) is 85.6 Å². The van der Waals surface area contributed by atoms with Gasteiger partial charge in [-0.3, -0.25) is 19.2 Å². The molecule has 2 aliphatic heterocycles. The first-order chi connectivity index (χ1) is 23.1. The summed E-state index contributed by atoms with van der Waals surface area (Å²) in [6.45, 7) is 4.74. The Morgan fingerprint density at radius 1 is 0.735 bits per heavy atom. The predicted octanol–water partition coefficient (Wildman–Crippen LogP) is 3.14. The van der Waals surface area contributed by atoms with E-state index in [0.717, 1.165) is 4.47 Å². The van der Waals surface area contributed by atoms with E-state index >= 15 is 0 Å². The van der Waals surface area contributed by atoms with Gasteiger partial charge in [0.1, 0.15) is 11.5 Å². The van der Waals surface area contributed by atoms with E-state index in [1.165, 1.54) is 47.8 Å². The molecule has 15 heteroatoms. The summed E-state index contributed by atoms with van der Waals surface area (Å²) in [5.74, 6) is -1.33. The number of fused-ring (bicyclic) bond motifs is 2. The molecule has 4 amide bonds. The largest absolute Gasteiger partial charge is 0.465 e. The van der Waals surface area contributed by atoms with Crippen LogP contribution in [0.3, 0.4) is 0 Å². The van der Waals surface area contributed by atoms with Crippen LogP contribution in [-0.2, 0) is 33.4 Å². The number of rotatable bonds is 11. The first kappa shape index (κ1) is 39.2. The maximum atomic E-state index is 13.1. The van der Waals surface area contributed by atoms with Crippen LogP contribution in [0.1, 0.15) is 37.0 Å². The molecule has 2 atom stereocenters. The number of amides is 4. The Morgan fingerprint density at radius 3 is 1.57 bits per heavy atom. The molecule has 2 aromatic rings. The van der Waals surface area contributed by atoms with Crippen molar-refractivity contribution in [1.29, 1.82) is 0 Å². The van der Waals surface area contributed by atoms with Gasteiger partial charge in [0.2, 0.25) is 0 Å². The van der Waals surface area contributed by atoms with Crippen molar-refractivity contribution in [3.63, 3.8) is 0 Å². The molecular formula is C34H45BrN4O10. The molecule has 0 radical (unpaired) electrons. The zero-order valence-electron chi connectivity index (χ0n) is 29.5. The van der Waals surface area contributed by atoms with Gasteiger partial charge >= 0.3 is 5.97 Å². The molecule has 2 unspecified atom stereocenters. The molecule has 49 heavy (non-hydrogen) atoms. The smallest absolute Gasteiger partial charge is 0.337 e. The number of benzene rings is 2. The fourth-order valence-electron chi connectivity index (χ4n) is 5.41. The van der Waals surface area contributed by atoms with Gasteiger partial charge in [-0.15, -0.1) is 0 Å². The second-order valence-corrected chi connectivity index (χ2v) is 13.0. The average molecular weight is 750 g/mol. The number of ether oxygens (including phenoxy) is 5. The summed E-state index contributed by atoms with van der Waals surface area (Å²) in [5.41, 5.74) is -1.85. The van der Waals surface area contributed by atoms with Gasteiger partial charge in [0.15, 0.2) is 0 Å². The predicted molar refractivity (Wildman–Crippen MR) is 185 cm³/mol. The number of nitrogens with zero attached hydrogens (tertiary/aromatic N) is 4. The highest BCUT2D eigenvalue weighted by Crippen LogP contribution is 2.41. The summed E-state index contributed by atoms with van der Waals surface area (Å²) in [6, 6.07) is 10.0. The lowest BCUT2D eigenvalue weighted by molar-refractivity contribution is -0.155. The number of likely N-dealkylation sites (N-methyl/N-ethyl adjacent to an activating group) is 2. The van der Waals surface area contributed by atoms with E-state index in [4.69, 9.17) is 23.7 Å². The minimum atomic E-state index is -1.67. The van der Waals surface area contributed by atoms with Gasteiger partial charge in [-0.2, -0.15) is 0 Å². The van der Waals surface area contributed by atoms with E-state index < -0.39 is 29.0 Å². The van der Waals surface area contributed by atoms with E-state index in [2.05, 4.69) is 15.9 Å². The number of carbonyl (C=O) groups is 5. The second-order valence-electron chi connectivity index (χ2n) is 12.1. The maximum Gasteiger partial charge on any atom is 0.337 e.